The van der Waals surface area contributed by atoms with Crippen LogP contribution in [0.4, 0.5) is 0 Å². The molecule has 9 heteroatoms. The number of benzene rings is 1. The zero-order valence-electron chi connectivity index (χ0n) is 17.1. The van der Waals surface area contributed by atoms with E-state index < -0.39 is 9.84 Å². The fraction of sp³-hybridized carbons (Fsp3) is 0.526. The number of nitrogens with zero attached hydrogens (tertiary/aromatic N) is 3. The van der Waals surface area contributed by atoms with Gasteiger partial charge in [-0.05, 0) is 31.0 Å². The van der Waals surface area contributed by atoms with Gasteiger partial charge in [0.25, 0.3) is 0 Å². The number of rotatable bonds is 8. The van der Waals surface area contributed by atoms with Crippen molar-refractivity contribution in [1.82, 2.24) is 20.8 Å². The van der Waals surface area contributed by atoms with Gasteiger partial charge in [0.1, 0.15) is 0 Å². The van der Waals surface area contributed by atoms with Crippen LogP contribution in [0.3, 0.4) is 0 Å². The number of hydrogen-bond acceptors (Lipinski definition) is 6. The maximum atomic E-state index is 11.7. The van der Waals surface area contributed by atoms with Crippen molar-refractivity contribution in [2.75, 3.05) is 19.3 Å². The van der Waals surface area contributed by atoms with Gasteiger partial charge in [-0.2, -0.15) is 4.98 Å². The van der Waals surface area contributed by atoms with Gasteiger partial charge in [0.2, 0.25) is 5.89 Å². The minimum absolute atomic E-state index is 0.238. The average molecular weight is 408 g/mol. The monoisotopic (exact) mass is 407 g/mol. The third-order valence-corrected chi connectivity index (χ3v) is 5.29. The molecule has 0 atom stereocenters. The molecule has 2 aromatic rings. The molecule has 1 aromatic heterocycles. The summed E-state index contributed by atoms with van der Waals surface area (Å²) in [6, 6.07) is 5.29. The summed E-state index contributed by atoms with van der Waals surface area (Å²) in [5, 5.41) is 10.4. The Balaban J connectivity index is 1.97. The first kappa shape index (κ1) is 21.9. The van der Waals surface area contributed by atoms with Crippen LogP contribution in [0.1, 0.15) is 49.5 Å². The Hall–Kier alpha value is -2.42. The molecule has 1 aromatic carbocycles. The van der Waals surface area contributed by atoms with E-state index in [0.29, 0.717) is 42.1 Å². The van der Waals surface area contributed by atoms with Crippen molar-refractivity contribution in [2.24, 2.45) is 4.99 Å². The molecule has 8 nitrogen and oxygen atoms in total. The third-order valence-electron chi connectivity index (χ3n) is 4.03. The topological polar surface area (TPSA) is 109 Å². The molecule has 0 fully saturated rings. The van der Waals surface area contributed by atoms with Crippen molar-refractivity contribution in [1.29, 1.82) is 0 Å². The number of aliphatic imine (C=N–C) groups is 1. The van der Waals surface area contributed by atoms with E-state index in [-0.39, 0.29) is 5.92 Å². The first-order valence-electron chi connectivity index (χ1n) is 9.35. The summed E-state index contributed by atoms with van der Waals surface area (Å²) >= 11 is 0. The lowest BCUT2D eigenvalue weighted by atomic mass is 10.1. The Morgan fingerprint density at radius 1 is 1.29 bits per heavy atom. The predicted molar refractivity (Wildman–Crippen MR) is 109 cm³/mol. The Morgan fingerprint density at radius 2 is 2.04 bits per heavy atom. The van der Waals surface area contributed by atoms with E-state index in [9.17, 15) is 8.42 Å². The molecule has 2 N–H and O–H groups in total. The van der Waals surface area contributed by atoms with Crippen molar-refractivity contribution in [2.45, 2.75) is 51.5 Å². The van der Waals surface area contributed by atoms with Crippen LogP contribution in [0.5, 0.6) is 0 Å². The molecule has 0 saturated heterocycles. The van der Waals surface area contributed by atoms with Gasteiger partial charge in [-0.1, -0.05) is 31.1 Å². The molecule has 0 aliphatic rings. The number of sulfone groups is 1. The first-order chi connectivity index (χ1) is 13.2. The summed E-state index contributed by atoms with van der Waals surface area (Å²) in [6.07, 6.45) is 1.82. The highest BCUT2D eigenvalue weighted by molar-refractivity contribution is 7.90. The SMILES string of the molecule is CCNC(=NCc1ccc(S(C)(=O)=O)c(C)c1)NCCc1nc(C(C)C)no1. The standard InChI is InChI=1S/C19H29N5O3S/c1-6-20-19(21-10-9-17-23-18(13(2)3)24-27-17)22-12-15-7-8-16(14(4)11-15)28(5,25)26/h7-8,11,13H,6,9-10,12H2,1-5H3,(H2,20,21,22). The van der Waals surface area contributed by atoms with Crippen LogP contribution in [0, 0.1) is 6.92 Å². The Labute approximate surface area is 166 Å². The van der Waals surface area contributed by atoms with Crippen molar-refractivity contribution in [3.63, 3.8) is 0 Å². The number of hydrogen-bond donors (Lipinski definition) is 2. The van der Waals surface area contributed by atoms with Crippen LogP contribution in [0.2, 0.25) is 0 Å². The molecule has 154 valence electrons. The molecule has 0 spiro atoms. The number of nitrogens with one attached hydrogen (secondary N) is 2. The van der Waals surface area contributed by atoms with E-state index in [2.05, 4.69) is 25.8 Å². The summed E-state index contributed by atoms with van der Waals surface area (Å²) in [5.41, 5.74) is 1.67. The van der Waals surface area contributed by atoms with Crippen molar-refractivity contribution in [3.05, 3.63) is 41.0 Å². The van der Waals surface area contributed by atoms with Crippen LogP contribution in [0.15, 0.2) is 32.6 Å². The highest BCUT2D eigenvalue weighted by atomic mass is 32.2. The lowest BCUT2D eigenvalue weighted by Gasteiger charge is -2.11. The van der Waals surface area contributed by atoms with Gasteiger partial charge in [-0.15, -0.1) is 0 Å². The fourth-order valence-corrected chi connectivity index (χ4v) is 3.59. The van der Waals surface area contributed by atoms with Crippen molar-refractivity contribution >= 4 is 15.8 Å². The molecule has 0 radical (unpaired) electrons. The van der Waals surface area contributed by atoms with Crippen LogP contribution >= 0.6 is 0 Å². The van der Waals surface area contributed by atoms with E-state index >= 15 is 0 Å². The van der Waals surface area contributed by atoms with Gasteiger partial charge in [0, 0.05) is 31.7 Å². The second kappa shape index (κ2) is 9.68. The molecule has 28 heavy (non-hydrogen) atoms. The lowest BCUT2D eigenvalue weighted by Crippen LogP contribution is -2.38. The maximum Gasteiger partial charge on any atom is 0.228 e. The highest BCUT2D eigenvalue weighted by Gasteiger charge is 2.11. The third kappa shape index (κ3) is 6.33. The lowest BCUT2D eigenvalue weighted by molar-refractivity contribution is 0.371. The normalized spacial score (nSPS) is 12.4. The average Bonchev–Trinajstić information content (AvgIpc) is 3.08. The van der Waals surface area contributed by atoms with Gasteiger partial charge < -0.3 is 15.2 Å². The molecular weight excluding hydrogens is 378 g/mol. The molecule has 2 rings (SSSR count). The molecule has 0 unspecified atom stereocenters. The van der Waals surface area contributed by atoms with E-state index in [1.54, 1.807) is 19.1 Å². The molecule has 0 bridgehead atoms. The summed E-state index contributed by atoms with van der Waals surface area (Å²) in [6.45, 7) is 9.61. The first-order valence-corrected chi connectivity index (χ1v) is 11.2. The van der Waals surface area contributed by atoms with Gasteiger partial charge >= 0.3 is 0 Å². The second-order valence-corrected chi connectivity index (χ2v) is 8.93. The number of aromatic nitrogens is 2. The fourth-order valence-electron chi connectivity index (χ4n) is 2.63. The van der Waals surface area contributed by atoms with Crippen LogP contribution in [-0.4, -0.2) is 43.9 Å². The van der Waals surface area contributed by atoms with Crippen molar-refractivity contribution < 1.29 is 12.9 Å². The highest BCUT2D eigenvalue weighted by Crippen LogP contribution is 2.17. The second-order valence-electron chi connectivity index (χ2n) is 6.94. The summed E-state index contributed by atoms with van der Waals surface area (Å²) < 4.78 is 28.7. The molecule has 0 aliphatic heterocycles. The predicted octanol–water partition coefficient (Wildman–Crippen LogP) is 2.20. The molecule has 0 aliphatic carbocycles. The molecule has 0 amide bonds. The minimum atomic E-state index is -3.21. The molecule has 0 saturated carbocycles. The zero-order chi connectivity index (χ0) is 20.7. The smallest absolute Gasteiger partial charge is 0.228 e. The Kier molecular flexibility index (Phi) is 7.56. The van der Waals surface area contributed by atoms with Crippen LogP contribution in [0.25, 0.3) is 0 Å². The van der Waals surface area contributed by atoms with E-state index in [1.165, 1.54) is 6.26 Å². The summed E-state index contributed by atoms with van der Waals surface area (Å²) in [4.78, 5) is 9.27. The van der Waals surface area contributed by atoms with Crippen LogP contribution < -0.4 is 10.6 Å². The Bertz CT molecular complexity index is 919. The molecular formula is C19H29N5O3S. The van der Waals surface area contributed by atoms with Gasteiger partial charge in [0.05, 0.1) is 11.4 Å². The van der Waals surface area contributed by atoms with Gasteiger partial charge in [-0.3, -0.25) is 0 Å². The minimum Gasteiger partial charge on any atom is -0.357 e. The summed E-state index contributed by atoms with van der Waals surface area (Å²) in [7, 11) is -3.21. The largest absolute Gasteiger partial charge is 0.357 e. The van der Waals surface area contributed by atoms with Gasteiger partial charge in [-0.25, -0.2) is 13.4 Å². The zero-order valence-corrected chi connectivity index (χ0v) is 17.9. The number of guanidine groups is 1. The summed E-state index contributed by atoms with van der Waals surface area (Å²) in [5.74, 6) is 2.22. The van der Waals surface area contributed by atoms with Crippen LogP contribution in [-0.2, 0) is 22.8 Å². The van der Waals surface area contributed by atoms with E-state index in [1.807, 2.05) is 26.8 Å². The quantitative estimate of drug-likeness (QED) is 0.510. The molecule has 1 heterocycles. The van der Waals surface area contributed by atoms with E-state index in [4.69, 9.17) is 4.52 Å². The Morgan fingerprint density at radius 3 is 2.61 bits per heavy atom. The van der Waals surface area contributed by atoms with Crippen molar-refractivity contribution in [3.8, 4) is 0 Å². The van der Waals surface area contributed by atoms with Gasteiger partial charge in [0.15, 0.2) is 21.6 Å². The maximum absolute atomic E-state index is 11.7. The van der Waals surface area contributed by atoms with E-state index in [0.717, 1.165) is 17.7 Å². The number of aryl methyl sites for hydroxylation is 1.